The second kappa shape index (κ2) is 9.40. The van der Waals surface area contributed by atoms with Crippen LogP contribution in [0.15, 0.2) is 54.7 Å². The maximum Gasteiger partial charge on any atom is 0.226 e. The number of ether oxygens (including phenoxy) is 1. The average molecular weight is 450 g/mol. The molecule has 166 valence electrons. The monoisotopic (exact) mass is 449 g/mol. The van der Waals surface area contributed by atoms with Crippen molar-refractivity contribution in [1.82, 2.24) is 20.2 Å². The van der Waals surface area contributed by atoms with E-state index in [4.69, 9.17) is 17.0 Å². The molecule has 0 radical (unpaired) electrons. The fourth-order valence-corrected chi connectivity index (χ4v) is 4.55. The van der Waals surface area contributed by atoms with Crippen LogP contribution >= 0.6 is 12.2 Å². The summed E-state index contributed by atoms with van der Waals surface area (Å²) in [6.07, 6.45) is 2.07. The summed E-state index contributed by atoms with van der Waals surface area (Å²) in [6, 6.07) is 15.2. The Morgan fingerprint density at radius 1 is 1.22 bits per heavy atom. The summed E-state index contributed by atoms with van der Waals surface area (Å²) < 4.78 is 5.33. The van der Waals surface area contributed by atoms with Crippen LogP contribution in [0.4, 0.5) is 5.69 Å². The highest BCUT2D eigenvalue weighted by Gasteiger charge is 2.40. The van der Waals surface area contributed by atoms with Gasteiger partial charge >= 0.3 is 0 Å². The zero-order chi connectivity index (χ0) is 22.7. The van der Waals surface area contributed by atoms with Gasteiger partial charge < -0.3 is 25.3 Å². The summed E-state index contributed by atoms with van der Waals surface area (Å²) in [5.41, 5.74) is 4.89. The van der Waals surface area contributed by atoms with Crippen molar-refractivity contribution < 1.29 is 9.53 Å². The van der Waals surface area contributed by atoms with Crippen molar-refractivity contribution in [3.8, 4) is 5.75 Å². The Kier molecular flexibility index (Phi) is 6.41. The molecule has 0 spiro atoms. The number of thiocarbonyl (C=S) groups is 1. The van der Waals surface area contributed by atoms with Crippen LogP contribution in [0.5, 0.6) is 5.75 Å². The number of pyridine rings is 1. The summed E-state index contributed by atoms with van der Waals surface area (Å²) in [7, 11) is 1.59. The lowest BCUT2D eigenvalue weighted by Crippen LogP contribution is -2.32. The number of aryl methyl sites for hydroxylation is 2. The number of para-hydroxylation sites is 2. The topological polar surface area (TPSA) is 82.3 Å². The molecule has 3 aromatic rings. The molecule has 0 bridgehead atoms. The first-order valence-corrected chi connectivity index (χ1v) is 11.0. The molecule has 0 saturated carbocycles. The third-order valence-corrected chi connectivity index (χ3v) is 6.02. The molecular formula is C24H27N5O2S. The number of aromatic nitrogens is 2. The second-order valence-corrected chi connectivity index (χ2v) is 8.24. The molecule has 32 heavy (non-hydrogen) atoms. The first-order valence-electron chi connectivity index (χ1n) is 10.5. The molecule has 3 N–H and O–H groups in total. The fraction of sp³-hybridized carbons (Fsp3) is 0.292. The summed E-state index contributed by atoms with van der Waals surface area (Å²) in [4.78, 5) is 22.8. The standard InChI is InChI=1S/C24H27N5O2S/c1-15-14-17(16(2)26-15)23-22(19-9-6-7-12-25-19)28-24(32)29(23)13-11-21(30)27-18-8-4-5-10-20(18)31-3/h4-10,12,14,22-23,26H,11,13H2,1-3H3,(H,27,30)(H,28,32). The predicted molar refractivity (Wildman–Crippen MR) is 129 cm³/mol. The van der Waals surface area contributed by atoms with E-state index < -0.39 is 0 Å². The van der Waals surface area contributed by atoms with Crippen LogP contribution in [0.2, 0.25) is 0 Å². The van der Waals surface area contributed by atoms with Crippen LogP contribution in [-0.4, -0.2) is 39.5 Å². The zero-order valence-corrected chi connectivity index (χ0v) is 19.2. The minimum atomic E-state index is -0.102. The molecule has 1 aromatic carbocycles. The Balaban J connectivity index is 1.55. The van der Waals surface area contributed by atoms with Gasteiger partial charge in [0, 0.05) is 30.6 Å². The van der Waals surface area contributed by atoms with Crippen LogP contribution in [0.3, 0.4) is 0 Å². The van der Waals surface area contributed by atoms with Crippen LogP contribution in [0.25, 0.3) is 0 Å². The average Bonchev–Trinajstić information content (AvgIpc) is 3.30. The molecule has 7 nitrogen and oxygen atoms in total. The van der Waals surface area contributed by atoms with Gasteiger partial charge in [-0.1, -0.05) is 18.2 Å². The molecule has 3 heterocycles. The lowest BCUT2D eigenvalue weighted by Gasteiger charge is -2.27. The van der Waals surface area contributed by atoms with Gasteiger partial charge in [-0.25, -0.2) is 0 Å². The number of nitrogens with one attached hydrogen (secondary N) is 3. The molecule has 2 unspecified atom stereocenters. The molecule has 2 atom stereocenters. The van der Waals surface area contributed by atoms with E-state index in [1.807, 2.05) is 49.4 Å². The van der Waals surface area contributed by atoms with Gasteiger partial charge in [-0.15, -0.1) is 0 Å². The molecule has 1 fully saturated rings. The van der Waals surface area contributed by atoms with E-state index in [0.717, 1.165) is 22.6 Å². The van der Waals surface area contributed by atoms with Crippen molar-refractivity contribution in [3.05, 3.63) is 77.4 Å². The Labute approximate surface area is 193 Å². The number of anilines is 1. The lowest BCUT2D eigenvalue weighted by atomic mass is 9.96. The highest BCUT2D eigenvalue weighted by Crippen LogP contribution is 2.40. The Hall–Kier alpha value is -3.39. The van der Waals surface area contributed by atoms with Gasteiger partial charge in [-0.3, -0.25) is 9.78 Å². The van der Waals surface area contributed by atoms with Gasteiger partial charge in [0.05, 0.1) is 30.6 Å². The molecule has 1 aliphatic rings. The van der Waals surface area contributed by atoms with E-state index in [9.17, 15) is 4.79 Å². The van der Waals surface area contributed by atoms with E-state index in [-0.39, 0.29) is 24.4 Å². The first-order chi connectivity index (χ1) is 15.5. The van der Waals surface area contributed by atoms with Gasteiger partial charge in [0.1, 0.15) is 5.75 Å². The van der Waals surface area contributed by atoms with Crippen molar-refractivity contribution >= 4 is 28.9 Å². The summed E-state index contributed by atoms with van der Waals surface area (Å²) in [5, 5.41) is 6.99. The first kappa shape index (κ1) is 21.8. The van der Waals surface area contributed by atoms with Crippen LogP contribution in [-0.2, 0) is 4.79 Å². The van der Waals surface area contributed by atoms with Crippen molar-refractivity contribution in [2.75, 3.05) is 19.0 Å². The number of hydrogen-bond acceptors (Lipinski definition) is 4. The Bertz CT molecular complexity index is 1110. The molecule has 0 aliphatic carbocycles. The number of nitrogens with zero attached hydrogens (tertiary/aromatic N) is 2. The van der Waals surface area contributed by atoms with Crippen LogP contribution in [0.1, 0.15) is 41.1 Å². The predicted octanol–water partition coefficient (Wildman–Crippen LogP) is 4.04. The molecule has 2 aromatic heterocycles. The molecule has 1 amide bonds. The van der Waals surface area contributed by atoms with Gasteiger partial charge in [0.15, 0.2) is 5.11 Å². The highest BCUT2D eigenvalue weighted by atomic mass is 32.1. The van der Waals surface area contributed by atoms with Gasteiger partial charge in [-0.05, 0) is 62.0 Å². The summed E-state index contributed by atoms with van der Waals surface area (Å²) in [5.74, 6) is 0.532. The van der Waals surface area contributed by atoms with Crippen molar-refractivity contribution in [1.29, 1.82) is 0 Å². The number of hydrogen-bond donors (Lipinski definition) is 3. The Morgan fingerprint density at radius 3 is 2.69 bits per heavy atom. The van der Waals surface area contributed by atoms with E-state index in [2.05, 4.69) is 38.5 Å². The second-order valence-electron chi connectivity index (χ2n) is 7.85. The molecule has 8 heteroatoms. The largest absolute Gasteiger partial charge is 0.495 e. The minimum absolute atomic E-state index is 0.0681. The van der Waals surface area contributed by atoms with E-state index in [1.165, 1.54) is 0 Å². The number of H-pyrrole nitrogens is 1. The smallest absolute Gasteiger partial charge is 0.226 e. The van der Waals surface area contributed by atoms with E-state index in [0.29, 0.717) is 23.1 Å². The Morgan fingerprint density at radius 2 is 2.00 bits per heavy atom. The molecular weight excluding hydrogens is 422 g/mol. The van der Waals surface area contributed by atoms with Crippen molar-refractivity contribution in [2.45, 2.75) is 32.4 Å². The zero-order valence-electron chi connectivity index (χ0n) is 18.4. The molecule has 1 saturated heterocycles. The van der Waals surface area contributed by atoms with Gasteiger partial charge in [-0.2, -0.15) is 0 Å². The van der Waals surface area contributed by atoms with E-state index >= 15 is 0 Å². The summed E-state index contributed by atoms with van der Waals surface area (Å²) >= 11 is 5.69. The number of carbonyl (C=O) groups is 1. The SMILES string of the molecule is COc1ccccc1NC(=O)CCN1C(=S)NC(c2ccccn2)C1c1cc(C)[nH]c1C. The summed E-state index contributed by atoms with van der Waals surface area (Å²) in [6.45, 7) is 4.58. The fourth-order valence-electron chi connectivity index (χ4n) is 4.22. The number of carbonyl (C=O) groups excluding carboxylic acids is 1. The normalized spacial score (nSPS) is 17.8. The molecule has 4 rings (SSSR count). The number of aromatic amines is 1. The quantitative estimate of drug-likeness (QED) is 0.473. The third kappa shape index (κ3) is 4.45. The van der Waals surface area contributed by atoms with Gasteiger partial charge in [0.2, 0.25) is 5.91 Å². The minimum Gasteiger partial charge on any atom is -0.495 e. The van der Waals surface area contributed by atoms with E-state index in [1.54, 1.807) is 13.3 Å². The number of methoxy groups -OCH3 is 1. The van der Waals surface area contributed by atoms with Crippen molar-refractivity contribution in [3.63, 3.8) is 0 Å². The highest BCUT2D eigenvalue weighted by molar-refractivity contribution is 7.80. The third-order valence-electron chi connectivity index (χ3n) is 5.67. The van der Waals surface area contributed by atoms with Crippen molar-refractivity contribution in [2.24, 2.45) is 0 Å². The van der Waals surface area contributed by atoms with Crippen LogP contribution in [0, 0.1) is 13.8 Å². The maximum atomic E-state index is 12.7. The molecule has 1 aliphatic heterocycles. The lowest BCUT2D eigenvalue weighted by molar-refractivity contribution is -0.116. The van der Waals surface area contributed by atoms with Crippen LogP contribution < -0.4 is 15.4 Å². The maximum absolute atomic E-state index is 12.7. The van der Waals surface area contributed by atoms with Gasteiger partial charge in [0.25, 0.3) is 0 Å². The number of rotatable bonds is 7. The number of amides is 1. The number of benzene rings is 1.